The Morgan fingerprint density at radius 3 is 2.80 bits per heavy atom. The smallest absolute Gasteiger partial charge is 0.225 e. The molecule has 0 aliphatic rings. The summed E-state index contributed by atoms with van der Waals surface area (Å²) in [6, 6.07) is 0. The molecule has 6 heteroatoms. The first-order valence-corrected chi connectivity index (χ1v) is 7.61. The fraction of sp³-hybridized carbons (Fsp3) is 0.500. The zero-order chi connectivity index (χ0) is 14.7. The van der Waals surface area contributed by atoms with Crippen molar-refractivity contribution >= 4 is 33.3 Å². The standard InChI is InChI=1S/C14H20N4OS/c1-5-16-11(19)6-10-12(15-4)13-14(20-10)18-9(7-17-13)8(2)3/h7-8,15H,5-6H2,1-4H3,(H,16,19). The van der Waals surface area contributed by atoms with Gasteiger partial charge >= 0.3 is 0 Å². The average Bonchev–Trinajstić information content (AvgIpc) is 2.74. The van der Waals surface area contributed by atoms with Gasteiger partial charge in [-0.2, -0.15) is 0 Å². The van der Waals surface area contributed by atoms with E-state index in [1.807, 2.05) is 20.2 Å². The minimum absolute atomic E-state index is 0.0274. The molecule has 1 amide bonds. The van der Waals surface area contributed by atoms with E-state index in [9.17, 15) is 4.79 Å². The van der Waals surface area contributed by atoms with Crippen molar-refractivity contribution in [1.82, 2.24) is 15.3 Å². The molecule has 2 rings (SSSR count). The van der Waals surface area contributed by atoms with Gasteiger partial charge in [-0.1, -0.05) is 13.8 Å². The predicted octanol–water partition coefficient (Wildman–Crippen LogP) is 2.54. The molecule has 0 bridgehead atoms. The van der Waals surface area contributed by atoms with Gasteiger partial charge in [-0.3, -0.25) is 4.79 Å². The molecule has 0 radical (unpaired) electrons. The largest absolute Gasteiger partial charge is 0.385 e. The first-order valence-electron chi connectivity index (χ1n) is 6.79. The lowest BCUT2D eigenvalue weighted by molar-refractivity contribution is -0.120. The Kier molecular flexibility index (Phi) is 4.54. The van der Waals surface area contributed by atoms with Crippen molar-refractivity contribution < 1.29 is 4.79 Å². The van der Waals surface area contributed by atoms with Crippen molar-refractivity contribution in [3.63, 3.8) is 0 Å². The normalized spacial score (nSPS) is 11.1. The maximum absolute atomic E-state index is 11.8. The Hall–Kier alpha value is -1.69. The third kappa shape index (κ3) is 2.90. The number of amides is 1. The summed E-state index contributed by atoms with van der Waals surface area (Å²) in [6.45, 7) is 6.75. The van der Waals surface area contributed by atoms with Gasteiger partial charge in [-0.25, -0.2) is 9.97 Å². The quantitative estimate of drug-likeness (QED) is 0.888. The van der Waals surface area contributed by atoms with E-state index >= 15 is 0 Å². The van der Waals surface area contributed by atoms with Gasteiger partial charge in [-0.15, -0.1) is 11.3 Å². The minimum atomic E-state index is 0.0274. The number of carbonyl (C=O) groups is 1. The van der Waals surface area contributed by atoms with Crippen LogP contribution < -0.4 is 10.6 Å². The number of thiophene rings is 1. The van der Waals surface area contributed by atoms with Crippen molar-refractivity contribution in [1.29, 1.82) is 0 Å². The molecule has 2 aromatic rings. The van der Waals surface area contributed by atoms with Gasteiger partial charge in [0, 0.05) is 24.7 Å². The number of rotatable bonds is 5. The fourth-order valence-electron chi connectivity index (χ4n) is 1.99. The molecule has 2 heterocycles. The van der Waals surface area contributed by atoms with E-state index in [1.54, 1.807) is 0 Å². The Morgan fingerprint density at radius 1 is 1.45 bits per heavy atom. The molecular formula is C14H20N4OS. The number of anilines is 1. The lowest BCUT2D eigenvalue weighted by atomic mass is 10.1. The van der Waals surface area contributed by atoms with Crippen LogP contribution in [0.25, 0.3) is 10.3 Å². The second-order valence-electron chi connectivity index (χ2n) is 4.88. The first-order chi connectivity index (χ1) is 9.56. The summed E-state index contributed by atoms with van der Waals surface area (Å²) >= 11 is 1.54. The summed E-state index contributed by atoms with van der Waals surface area (Å²) in [4.78, 5) is 22.8. The van der Waals surface area contributed by atoms with Crippen LogP contribution in [0.4, 0.5) is 5.69 Å². The summed E-state index contributed by atoms with van der Waals surface area (Å²) in [5, 5.41) is 5.96. The Morgan fingerprint density at radius 2 is 2.20 bits per heavy atom. The maximum Gasteiger partial charge on any atom is 0.225 e. The number of hydrogen-bond acceptors (Lipinski definition) is 5. The van der Waals surface area contributed by atoms with Crippen LogP contribution in [0, 0.1) is 0 Å². The highest BCUT2D eigenvalue weighted by atomic mass is 32.1. The third-order valence-corrected chi connectivity index (χ3v) is 4.10. The number of aromatic nitrogens is 2. The predicted molar refractivity (Wildman–Crippen MR) is 83.4 cm³/mol. The van der Waals surface area contributed by atoms with Crippen molar-refractivity contribution in [3.05, 3.63) is 16.8 Å². The monoisotopic (exact) mass is 292 g/mol. The van der Waals surface area contributed by atoms with E-state index in [0.29, 0.717) is 18.9 Å². The first kappa shape index (κ1) is 14.7. The van der Waals surface area contributed by atoms with E-state index in [2.05, 4.69) is 34.4 Å². The fourth-order valence-corrected chi connectivity index (χ4v) is 3.13. The summed E-state index contributed by atoms with van der Waals surface area (Å²) in [6.07, 6.45) is 2.18. The molecule has 0 aromatic carbocycles. The van der Waals surface area contributed by atoms with Gasteiger partial charge < -0.3 is 10.6 Å². The van der Waals surface area contributed by atoms with Crippen LogP contribution >= 0.6 is 11.3 Å². The lowest BCUT2D eigenvalue weighted by Gasteiger charge is -2.04. The zero-order valence-corrected chi connectivity index (χ0v) is 13.1. The number of carbonyl (C=O) groups excluding carboxylic acids is 1. The molecule has 0 atom stereocenters. The van der Waals surface area contributed by atoms with E-state index in [1.165, 1.54) is 11.3 Å². The molecule has 0 saturated heterocycles. The zero-order valence-electron chi connectivity index (χ0n) is 12.3. The SMILES string of the molecule is CCNC(=O)Cc1sc2nc(C(C)C)cnc2c1NC. The summed E-state index contributed by atoms with van der Waals surface area (Å²) < 4.78 is 0. The van der Waals surface area contributed by atoms with Crippen LogP contribution in [-0.2, 0) is 11.2 Å². The highest BCUT2D eigenvalue weighted by Crippen LogP contribution is 2.34. The Balaban J connectivity index is 2.42. The number of nitrogens with one attached hydrogen (secondary N) is 2. The van der Waals surface area contributed by atoms with Crippen LogP contribution in [0.3, 0.4) is 0 Å². The molecule has 5 nitrogen and oxygen atoms in total. The molecule has 2 aromatic heterocycles. The van der Waals surface area contributed by atoms with Crippen LogP contribution in [-0.4, -0.2) is 29.5 Å². The highest BCUT2D eigenvalue weighted by Gasteiger charge is 2.17. The highest BCUT2D eigenvalue weighted by molar-refractivity contribution is 7.19. The minimum Gasteiger partial charge on any atom is -0.385 e. The molecule has 0 aliphatic heterocycles. The van der Waals surface area contributed by atoms with E-state index in [4.69, 9.17) is 0 Å². The van der Waals surface area contributed by atoms with Gasteiger partial charge in [0.25, 0.3) is 0 Å². The van der Waals surface area contributed by atoms with Gasteiger partial charge in [-0.05, 0) is 12.8 Å². The maximum atomic E-state index is 11.8. The van der Waals surface area contributed by atoms with E-state index in [-0.39, 0.29) is 5.91 Å². The summed E-state index contributed by atoms with van der Waals surface area (Å²) in [7, 11) is 1.85. The van der Waals surface area contributed by atoms with Crippen molar-refractivity contribution in [2.75, 3.05) is 18.9 Å². The molecule has 20 heavy (non-hydrogen) atoms. The molecular weight excluding hydrogens is 272 g/mol. The summed E-state index contributed by atoms with van der Waals surface area (Å²) in [5.74, 6) is 0.374. The summed E-state index contributed by atoms with van der Waals surface area (Å²) in [5.41, 5.74) is 2.74. The number of likely N-dealkylation sites (N-methyl/N-ethyl adjacent to an activating group) is 1. The van der Waals surface area contributed by atoms with E-state index < -0.39 is 0 Å². The molecule has 0 unspecified atom stereocenters. The molecule has 0 aliphatic carbocycles. The van der Waals surface area contributed by atoms with Gasteiger partial charge in [0.2, 0.25) is 5.91 Å². The number of fused-ring (bicyclic) bond motifs is 1. The molecule has 2 N–H and O–H groups in total. The number of nitrogens with zero attached hydrogens (tertiary/aromatic N) is 2. The molecule has 0 spiro atoms. The van der Waals surface area contributed by atoms with Crippen LogP contribution in [0.5, 0.6) is 0 Å². The second-order valence-corrected chi connectivity index (χ2v) is 5.97. The molecule has 0 fully saturated rings. The van der Waals surface area contributed by atoms with Crippen LogP contribution in [0.1, 0.15) is 37.3 Å². The topological polar surface area (TPSA) is 66.9 Å². The van der Waals surface area contributed by atoms with Gasteiger partial charge in [0.05, 0.1) is 17.8 Å². The Labute approximate surface area is 122 Å². The molecule has 108 valence electrons. The van der Waals surface area contributed by atoms with Gasteiger partial charge in [0.15, 0.2) is 0 Å². The number of hydrogen-bond donors (Lipinski definition) is 2. The van der Waals surface area contributed by atoms with Gasteiger partial charge in [0.1, 0.15) is 10.3 Å². The van der Waals surface area contributed by atoms with Crippen molar-refractivity contribution in [3.8, 4) is 0 Å². The molecule has 0 saturated carbocycles. The third-order valence-electron chi connectivity index (χ3n) is 3.03. The van der Waals surface area contributed by atoms with Crippen molar-refractivity contribution in [2.24, 2.45) is 0 Å². The second kappa shape index (κ2) is 6.17. The van der Waals surface area contributed by atoms with E-state index in [0.717, 1.165) is 26.6 Å². The Bertz CT molecular complexity index is 621. The average molecular weight is 292 g/mol. The van der Waals surface area contributed by atoms with Crippen LogP contribution in [0.2, 0.25) is 0 Å². The van der Waals surface area contributed by atoms with Crippen LogP contribution in [0.15, 0.2) is 6.20 Å². The lowest BCUT2D eigenvalue weighted by Crippen LogP contribution is -2.24. The van der Waals surface area contributed by atoms with Crippen molar-refractivity contribution in [2.45, 2.75) is 33.1 Å².